The van der Waals surface area contributed by atoms with Crippen LogP contribution in [0.3, 0.4) is 0 Å². The third-order valence-corrected chi connectivity index (χ3v) is 4.11. The lowest BCUT2D eigenvalue weighted by atomic mass is 10.2. The van der Waals surface area contributed by atoms with E-state index in [0.717, 1.165) is 5.69 Å². The molecule has 108 valence electrons. The number of sulfone groups is 1. The van der Waals surface area contributed by atoms with E-state index in [1.165, 1.54) is 12.6 Å². The summed E-state index contributed by atoms with van der Waals surface area (Å²) in [7, 11) is -1.47. The highest BCUT2D eigenvalue weighted by Gasteiger charge is 2.11. The van der Waals surface area contributed by atoms with Crippen molar-refractivity contribution >= 4 is 32.2 Å². The highest BCUT2D eigenvalue weighted by Crippen LogP contribution is 2.25. The number of aromatic nitrogens is 4. The fourth-order valence-electron chi connectivity index (χ4n) is 1.99. The summed E-state index contributed by atoms with van der Waals surface area (Å²) >= 11 is 0. The number of nitrogens with one attached hydrogen (secondary N) is 1. The van der Waals surface area contributed by atoms with Crippen LogP contribution < -0.4 is 5.32 Å². The highest BCUT2D eigenvalue weighted by molar-refractivity contribution is 7.90. The Balaban J connectivity index is 2.13. The summed E-state index contributed by atoms with van der Waals surface area (Å²) < 4.78 is 25.0. The molecule has 0 radical (unpaired) electrons. The van der Waals surface area contributed by atoms with Crippen molar-refractivity contribution < 1.29 is 8.42 Å². The molecule has 1 aromatic carbocycles. The molecule has 8 heteroatoms. The van der Waals surface area contributed by atoms with E-state index in [-0.39, 0.29) is 4.90 Å². The molecular weight excluding hydrogens is 290 g/mol. The van der Waals surface area contributed by atoms with Gasteiger partial charge in [-0.3, -0.25) is 4.68 Å². The van der Waals surface area contributed by atoms with Gasteiger partial charge in [0.15, 0.2) is 9.84 Å². The summed E-state index contributed by atoms with van der Waals surface area (Å²) in [6, 6.07) is 4.78. The molecule has 21 heavy (non-hydrogen) atoms. The number of nitrogens with zero attached hydrogens (tertiary/aromatic N) is 4. The monoisotopic (exact) mass is 303 g/mol. The van der Waals surface area contributed by atoms with Crippen LogP contribution in [0.1, 0.15) is 0 Å². The molecule has 7 nitrogen and oxygen atoms in total. The molecule has 2 aromatic heterocycles. The molecule has 0 aliphatic heterocycles. The molecule has 0 unspecified atom stereocenters. The molecule has 0 fully saturated rings. The Kier molecular flexibility index (Phi) is 3.09. The van der Waals surface area contributed by atoms with E-state index in [2.05, 4.69) is 20.4 Å². The van der Waals surface area contributed by atoms with Crippen LogP contribution in [0.5, 0.6) is 0 Å². The molecule has 0 saturated heterocycles. The van der Waals surface area contributed by atoms with Gasteiger partial charge in [0.25, 0.3) is 0 Å². The van der Waals surface area contributed by atoms with Gasteiger partial charge in [-0.2, -0.15) is 5.10 Å². The zero-order valence-corrected chi connectivity index (χ0v) is 12.3. The van der Waals surface area contributed by atoms with Crippen molar-refractivity contribution in [2.75, 3.05) is 11.6 Å². The Morgan fingerprint density at radius 1 is 1.24 bits per heavy atom. The maximum absolute atomic E-state index is 11.7. The topological polar surface area (TPSA) is 89.8 Å². The standard InChI is InChI=1S/C13H13N5O2S/c1-18-7-9(6-16-18)17-13-11-5-10(21(2,19)20)3-4-12(11)14-8-15-13/h3-8H,1-2H3,(H,14,15,17). The molecule has 0 atom stereocenters. The molecule has 1 N–H and O–H groups in total. The largest absolute Gasteiger partial charge is 0.337 e. The molecule has 3 rings (SSSR count). The van der Waals surface area contributed by atoms with Crippen LogP contribution in [-0.4, -0.2) is 34.4 Å². The van der Waals surface area contributed by atoms with Gasteiger partial charge in [-0.15, -0.1) is 0 Å². The van der Waals surface area contributed by atoms with Crippen molar-refractivity contribution in [2.45, 2.75) is 4.90 Å². The first-order valence-corrected chi connectivity index (χ1v) is 8.03. The lowest BCUT2D eigenvalue weighted by Gasteiger charge is -2.07. The summed E-state index contributed by atoms with van der Waals surface area (Å²) in [6.07, 6.45) is 6.07. The van der Waals surface area contributed by atoms with Gasteiger partial charge in [0, 0.05) is 24.9 Å². The van der Waals surface area contributed by atoms with Crippen LogP contribution in [0.4, 0.5) is 11.5 Å². The second kappa shape index (κ2) is 4.81. The van der Waals surface area contributed by atoms with Crippen molar-refractivity contribution in [3.63, 3.8) is 0 Å². The number of hydrogen-bond acceptors (Lipinski definition) is 6. The Bertz CT molecular complexity index is 917. The average molecular weight is 303 g/mol. The second-order valence-electron chi connectivity index (χ2n) is 4.70. The minimum absolute atomic E-state index is 0.235. The zero-order valence-electron chi connectivity index (χ0n) is 11.5. The Morgan fingerprint density at radius 2 is 2.05 bits per heavy atom. The van der Waals surface area contributed by atoms with Crippen molar-refractivity contribution in [3.8, 4) is 0 Å². The molecule has 0 bridgehead atoms. The second-order valence-corrected chi connectivity index (χ2v) is 6.72. The smallest absolute Gasteiger partial charge is 0.175 e. The van der Waals surface area contributed by atoms with Crippen molar-refractivity contribution in [2.24, 2.45) is 7.05 Å². The summed E-state index contributed by atoms with van der Waals surface area (Å²) in [5.74, 6) is 0.540. The van der Waals surface area contributed by atoms with E-state index in [1.54, 1.807) is 35.3 Å². The van der Waals surface area contributed by atoms with Crippen molar-refractivity contribution in [1.29, 1.82) is 0 Å². The van der Waals surface area contributed by atoms with E-state index < -0.39 is 9.84 Å². The molecule has 0 spiro atoms. The normalized spacial score (nSPS) is 11.7. The molecule has 0 aliphatic rings. The van der Waals surface area contributed by atoms with Gasteiger partial charge in [-0.05, 0) is 18.2 Å². The number of anilines is 2. The van der Waals surface area contributed by atoms with Crippen LogP contribution in [0.25, 0.3) is 10.9 Å². The van der Waals surface area contributed by atoms with Crippen LogP contribution in [0, 0.1) is 0 Å². The number of fused-ring (bicyclic) bond motifs is 1. The van der Waals surface area contributed by atoms with Gasteiger partial charge in [-0.25, -0.2) is 18.4 Å². The summed E-state index contributed by atoms with van der Waals surface area (Å²) in [5, 5.41) is 7.82. The Morgan fingerprint density at radius 3 is 2.71 bits per heavy atom. The number of hydrogen-bond donors (Lipinski definition) is 1. The maximum Gasteiger partial charge on any atom is 0.175 e. The van der Waals surface area contributed by atoms with E-state index in [1.807, 2.05) is 7.05 Å². The van der Waals surface area contributed by atoms with Crippen LogP contribution in [-0.2, 0) is 16.9 Å². The lowest BCUT2D eigenvalue weighted by molar-refractivity contribution is 0.602. The Labute approximate surface area is 121 Å². The van der Waals surface area contributed by atoms with Crippen molar-refractivity contribution in [3.05, 3.63) is 36.9 Å². The minimum Gasteiger partial charge on any atom is -0.337 e. The quantitative estimate of drug-likeness (QED) is 0.789. The van der Waals surface area contributed by atoms with Gasteiger partial charge >= 0.3 is 0 Å². The molecule has 2 heterocycles. The minimum atomic E-state index is -3.28. The van der Waals surface area contributed by atoms with Gasteiger partial charge in [0.05, 0.1) is 22.3 Å². The van der Waals surface area contributed by atoms with Crippen LogP contribution >= 0.6 is 0 Å². The highest BCUT2D eigenvalue weighted by atomic mass is 32.2. The predicted molar refractivity (Wildman–Crippen MR) is 79.1 cm³/mol. The lowest BCUT2D eigenvalue weighted by Crippen LogP contribution is -1.99. The van der Waals surface area contributed by atoms with E-state index in [9.17, 15) is 8.42 Å². The maximum atomic E-state index is 11.7. The van der Waals surface area contributed by atoms with Crippen LogP contribution in [0.2, 0.25) is 0 Å². The fourth-order valence-corrected chi connectivity index (χ4v) is 2.64. The predicted octanol–water partition coefficient (Wildman–Crippen LogP) is 1.51. The molecule has 0 saturated carbocycles. The van der Waals surface area contributed by atoms with Gasteiger partial charge in [0.1, 0.15) is 12.1 Å². The van der Waals surface area contributed by atoms with Gasteiger partial charge in [-0.1, -0.05) is 0 Å². The van der Waals surface area contributed by atoms with Crippen LogP contribution in [0.15, 0.2) is 41.8 Å². The SMILES string of the molecule is Cn1cc(Nc2ncnc3ccc(S(C)(=O)=O)cc23)cn1. The van der Waals surface area contributed by atoms with Crippen molar-refractivity contribution in [1.82, 2.24) is 19.7 Å². The number of aryl methyl sites for hydroxylation is 1. The van der Waals surface area contributed by atoms with Gasteiger partial charge < -0.3 is 5.32 Å². The number of rotatable bonds is 3. The van der Waals surface area contributed by atoms with E-state index >= 15 is 0 Å². The molecular formula is C13H13N5O2S. The summed E-state index contributed by atoms with van der Waals surface area (Å²) in [6.45, 7) is 0. The Hall–Kier alpha value is -2.48. The molecule has 0 aliphatic carbocycles. The van der Waals surface area contributed by atoms with Gasteiger partial charge in [0.2, 0.25) is 0 Å². The number of benzene rings is 1. The zero-order chi connectivity index (χ0) is 15.0. The summed E-state index contributed by atoms with van der Waals surface area (Å²) in [4.78, 5) is 8.56. The third kappa shape index (κ3) is 2.70. The average Bonchev–Trinajstić information content (AvgIpc) is 2.83. The first-order chi connectivity index (χ1) is 9.93. The first kappa shape index (κ1) is 13.5. The molecule has 0 amide bonds. The summed E-state index contributed by atoms with van der Waals surface area (Å²) in [5.41, 5.74) is 1.44. The molecule has 3 aromatic rings. The van der Waals surface area contributed by atoms with E-state index in [4.69, 9.17) is 0 Å². The fraction of sp³-hybridized carbons (Fsp3) is 0.154. The first-order valence-electron chi connectivity index (χ1n) is 6.14. The third-order valence-electron chi connectivity index (χ3n) is 3.00. The van der Waals surface area contributed by atoms with E-state index in [0.29, 0.717) is 16.7 Å².